The van der Waals surface area contributed by atoms with E-state index in [-0.39, 0.29) is 5.91 Å². The van der Waals surface area contributed by atoms with Crippen molar-refractivity contribution in [2.75, 3.05) is 31.1 Å². The normalized spacial score (nSPS) is 19.2. The minimum atomic E-state index is 0.193. The molecule has 0 aromatic carbocycles. The topological polar surface area (TPSA) is 41.4 Å². The molecule has 5 nitrogen and oxygen atoms in total. The molecule has 0 unspecified atom stereocenters. The molecule has 1 aliphatic heterocycles. The monoisotopic (exact) mass is 372 g/mol. The van der Waals surface area contributed by atoms with Crippen LogP contribution in [0.4, 0.5) is 5.13 Å². The summed E-state index contributed by atoms with van der Waals surface area (Å²) in [6.07, 6.45) is 8.31. The van der Waals surface area contributed by atoms with Crippen molar-refractivity contribution < 1.29 is 4.79 Å². The van der Waals surface area contributed by atoms with Gasteiger partial charge in [-0.15, -0.1) is 11.3 Å². The summed E-state index contributed by atoms with van der Waals surface area (Å²) in [6, 6.07) is 2.69. The molecule has 0 N–H and O–H groups in total. The van der Waals surface area contributed by atoms with Crippen LogP contribution in [-0.4, -0.2) is 46.5 Å². The quantitative estimate of drug-likeness (QED) is 0.817. The van der Waals surface area contributed by atoms with Crippen LogP contribution in [0.3, 0.4) is 0 Å². The van der Waals surface area contributed by atoms with Crippen molar-refractivity contribution in [1.29, 1.82) is 0 Å². The molecule has 1 amide bonds. The van der Waals surface area contributed by atoms with E-state index >= 15 is 0 Å². The number of rotatable bonds is 3. The summed E-state index contributed by atoms with van der Waals surface area (Å²) in [4.78, 5) is 21.8. The van der Waals surface area contributed by atoms with Crippen LogP contribution in [0.25, 0.3) is 0 Å². The van der Waals surface area contributed by atoms with E-state index in [9.17, 15) is 4.79 Å². The third-order valence-electron chi connectivity index (χ3n) is 5.91. The minimum Gasteiger partial charge on any atom is -0.345 e. The second-order valence-electron chi connectivity index (χ2n) is 7.54. The second kappa shape index (κ2) is 7.43. The predicted octanol–water partition coefficient (Wildman–Crippen LogP) is 4.03. The fourth-order valence-corrected chi connectivity index (χ4v) is 5.23. The zero-order valence-corrected chi connectivity index (χ0v) is 16.6. The Hall–Kier alpha value is -1.82. The Labute approximate surface area is 159 Å². The van der Waals surface area contributed by atoms with Gasteiger partial charge in [0, 0.05) is 55.2 Å². The minimum absolute atomic E-state index is 0.193. The highest BCUT2D eigenvalue weighted by Crippen LogP contribution is 2.32. The Balaban J connectivity index is 1.47. The van der Waals surface area contributed by atoms with E-state index in [1.165, 1.54) is 37.8 Å². The highest BCUT2D eigenvalue weighted by Gasteiger charge is 2.27. The molecule has 4 rings (SSSR count). The van der Waals surface area contributed by atoms with Crippen LogP contribution in [0.5, 0.6) is 0 Å². The molecule has 0 radical (unpaired) electrons. The summed E-state index contributed by atoms with van der Waals surface area (Å²) in [5.41, 5.74) is 3.29. The van der Waals surface area contributed by atoms with Gasteiger partial charge in [0.1, 0.15) is 0 Å². The van der Waals surface area contributed by atoms with E-state index < -0.39 is 0 Å². The van der Waals surface area contributed by atoms with E-state index in [0.29, 0.717) is 6.04 Å². The SMILES string of the molecule is Cc1cc(C(=O)N2CCN(c3nccs3)CC2)c(C)n1C1CCCCC1. The number of thiazole rings is 1. The third kappa shape index (κ3) is 3.27. The average Bonchev–Trinajstić information content (AvgIpc) is 3.30. The summed E-state index contributed by atoms with van der Waals surface area (Å²) in [5, 5.41) is 3.07. The predicted molar refractivity (Wildman–Crippen MR) is 106 cm³/mol. The first-order valence-electron chi connectivity index (χ1n) is 9.77. The fourth-order valence-electron chi connectivity index (χ4n) is 4.54. The number of piperazine rings is 1. The molecule has 140 valence electrons. The van der Waals surface area contributed by atoms with Crippen molar-refractivity contribution in [3.63, 3.8) is 0 Å². The molecule has 2 aromatic rings. The van der Waals surface area contributed by atoms with Crippen LogP contribution in [0.15, 0.2) is 17.6 Å². The zero-order chi connectivity index (χ0) is 18.1. The molecule has 3 heterocycles. The van der Waals surface area contributed by atoms with Gasteiger partial charge in [0.05, 0.1) is 5.56 Å². The molecule has 2 fully saturated rings. The van der Waals surface area contributed by atoms with Crippen LogP contribution in [-0.2, 0) is 0 Å². The van der Waals surface area contributed by atoms with Gasteiger partial charge in [0.25, 0.3) is 5.91 Å². The molecule has 26 heavy (non-hydrogen) atoms. The number of nitrogens with zero attached hydrogens (tertiary/aromatic N) is 4. The van der Waals surface area contributed by atoms with Crippen LogP contribution >= 0.6 is 11.3 Å². The van der Waals surface area contributed by atoms with Gasteiger partial charge in [-0.25, -0.2) is 4.98 Å². The summed E-state index contributed by atoms with van der Waals surface area (Å²) >= 11 is 1.67. The molecule has 1 saturated carbocycles. The van der Waals surface area contributed by atoms with E-state index in [4.69, 9.17) is 0 Å². The first kappa shape index (κ1) is 17.6. The van der Waals surface area contributed by atoms with Crippen LogP contribution in [0.2, 0.25) is 0 Å². The lowest BCUT2D eigenvalue weighted by molar-refractivity contribution is 0.0745. The fraction of sp³-hybridized carbons (Fsp3) is 0.600. The molecule has 1 aliphatic carbocycles. The van der Waals surface area contributed by atoms with Gasteiger partial charge in [0.15, 0.2) is 5.13 Å². The van der Waals surface area contributed by atoms with Crippen LogP contribution < -0.4 is 4.90 Å². The van der Waals surface area contributed by atoms with Crippen LogP contribution in [0.1, 0.15) is 59.9 Å². The largest absolute Gasteiger partial charge is 0.345 e. The van der Waals surface area contributed by atoms with Crippen molar-refractivity contribution >= 4 is 22.4 Å². The smallest absolute Gasteiger partial charge is 0.255 e. The van der Waals surface area contributed by atoms with Crippen molar-refractivity contribution in [3.8, 4) is 0 Å². The number of anilines is 1. The lowest BCUT2D eigenvalue weighted by atomic mass is 9.95. The molecule has 1 saturated heterocycles. The molecular formula is C20H28N4OS. The summed E-state index contributed by atoms with van der Waals surface area (Å²) < 4.78 is 2.43. The summed E-state index contributed by atoms with van der Waals surface area (Å²) in [5.74, 6) is 0.193. The third-order valence-corrected chi connectivity index (χ3v) is 6.74. The molecule has 0 spiro atoms. The van der Waals surface area contributed by atoms with E-state index in [0.717, 1.165) is 42.6 Å². The number of aryl methyl sites for hydroxylation is 1. The molecule has 2 aliphatic rings. The summed E-state index contributed by atoms with van der Waals surface area (Å²) in [7, 11) is 0. The van der Waals surface area contributed by atoms with Gasteiger partial charge >= 0.3 is 0 Å². The second-order valence-corrected chi connectivity index (χ2v) is 8.41. The van der Waals surface area contributed by atoms with Gasteiger partial charge in [-0.3, -0.25) is 4.79 Å². The maximum Gasteiger partial charge on any atom is 0.255 e. The Kier molecular flexibility index (Phi) is 5.02. The molecule has 6 heteroatoms. The van der Waals surface area contributed by atoms with Crippen molar-refractivity contribution in [1.82, 2.24) is 14.5 Å². The Morgan fingerprint density at radius 2 is 1.85 bits per heavy atom. The van der Waals surface area contributed by atoms with Gasteiger partial charge in [-0.2, -0.15) is 0 Å². The highest BCUT2D eigenvalue weighted by molar-refractivity contribution is 7.13. The first-order valence-corrected chi connectivity index (χ1v) is 10.7. The molecule has 0 bridgehead atoms. The summed E-state index contributed by atoms with van der Waals surface area (Å²) in [6.45, 7) is 7.54. The zero-order valence-electron chi connectivity index (χ0n) is 15.8. The Morgan fingerprint density at radius 3 is 2.50 bits per heavy atom. The standard InChI is InChI=1S/C20H28N4OS/c1-15-14-18(16(2)24(15)17-6-4-3-5-7-17)19(25)22-9-11-23(12-10-22)20-21-8-13-26-20/h8,13-14,17H,3-7,9-12H2,1-2H3. The molecular weight excluding hydrogens is 344 g/mol. The molecule has 2 aromatic heterocycles. The number of aromatic nitrogens is 2. The van der Waals surface area contributed by atoms with E-state index in [1.54, 1.807) is 11.3 Å². The number of carbonyl (C=O) groups excluding carboxylic acids is 1. The average molecular weight is 373 g/mol. The van der Waals surface area contributed by atoms with Gasteiger partial charge < -0.3 is 14.4 Å². The van der Waals surface area contributed by atoms with E-state index in [1.807, 2.05) is 16.5 Å². The lowest BCUT2D eigenvalue weighted by Crippen LogP contribution is -2.48. The van der Waals surface area contributed by atoms with E-state index in [2.05, 4.69) is 34.4 Å². The number of amides is 1. The number of hydrogen-bond donors (Lipinski definition) is 0. The number of hydrogen-bond acceptors (Lipinski definition) is 4. The van der Waals surface area contributed by atoms with Crippen molar-refractivity contribution in [3.05, 3.63) is 34.6 Å². The maximum absolute atomic E-state index is 13.1. The first-order chi connectivity index (χ1) is 12.6. The van der Waals surface area contributed by atoms with Gasteiger partial charge in [-0.1, -0.05) is 19.3 Å². The highest BCUT2D eigenvalue weighted by atomic mass is 32.1. The van der Waals surface area contributed by atoms with Gasteiger partial charge in [0.2, 0.25) is 0 Å². The number of carbonyl (C=O) groups is 1. The Morgan fingerprint density at radius 1 is 1.12 bits per heavy atom. The van der Waals surface area contributed by atoms with Crippen LogP contribution in [0, 0.1) is 13.8 Å². The van der Waals surface area contributed by atoms with Crippen molar-refractivity contribution in [2.45, 2.75) is 52.0 Å². The van der Waals surface area contributed by atoms with Crippen molar-refractivity contribution in [2.24, 2.45) is 0 Å². The maximum atomic E-state index is 13.1. The Bertz CT molecular complexity index is 753. The molecule has 0 atom stereocenters. The lowest BCUT2D eigenvalue weighted by Gasteiger charge is -2.34. The van der Waals surface area contributed by atoms with Gasteiger partial charge in [-0.05, 0) is 32.8 Å².